The average Bonchev–Trinajstić information content (AvgIpc) is 2.56. The Kier molecular flexibility index (Phi) is 5.86. The second kappa shape index (κ2) is 7.87. The van der Waals surface area contributed by atoms with Crippen LogP contribution in [0.15, 0.2) is 42.5 Å². The molecule has 0 fully saturated rings. The van der Waals surface area contributed by atoms with Crippen LogP contribution in [0.2, 0.25) is 0 Å². The van der Waals surface area contributed by atoms with E-state index in [0.29, 0.717) is 0 Å². The lowest BCUT2D eigenvalue weighted by molar-refractivity contribution is -0.384. The standard InChI is InChI=1S/C16H14F2N2O3S/c1-10(11-3-2-4-13(7-11)20(22)23)24-9-16(21)19-12-5-6-14(17)15(18)8-12/h2-8,10H,9H2,1H3,(H,19,21)/t10-/m1/s1. The highest BCUT2D eigenvalue weighted by Gasteiger charge is 2.13. The third-order valence-corrected chi connectivity index (χ3v) is 4.42. The van der Waals surface area contributed by atoms with Crippen LogP contribution < -0.4 is 5.32 Å². The van der Waals surface area contributed by atoms with Gasteiger partial charge in [0.2, 0.25) is 5.91 Å². The zero-order chi connectivity index (χ0) is 17.7. The van der Waals surface area contributed by atoms with Gasteiger partial charge < -0.3 is 5.32 Å². The Balaban J connectivity index is 1.92. The Morgan fingerprint density at radius 2 is 2.00 bits per heavy atom. The Bertz CT molecular complexity index is 771. The van der Waals surface area contributed by atoms with E-state index in [9.17, 15) is 23.7 Å². The number of rotatable bonds is 6. The summed E-state index contributed by atoms with van der Waals surface area (Å²) in [5, 5.41) is 13.1. The number of amides is 1. The lowest BCUT2D eigenvalue weighted by Crippen LogP contribution is -2.15. The number of nitrogens with one attached hydrogen (secondary N) is 1. The van der Waals surface area contributed by atoms with E-state index in [1.54, 1.807) is 12.1 Å². The smallest absolute Gasteiger partial charge is 0.269 e. The number of nitrogens with zero attached hydrogens (tertiary/aromatic N) is 1. The number of anilines is 1. The van der Waals surface area contributed by atoms with Crippen LogP contribution in [0.3, 0.4) is 0 Å². The van der Waals surface area contributed by atoms with Crippen LogP contribution in [-0.2, 0) is 4.79 Å². The maximum Gasteiger partial charge on any atom is 0.269 e. The molecule has 24 heavy (non-hydrogen) atoms. The monoisotopic (exact) mass is 352 g/mol. The first-order chi connectivity index (χ1) is 11.4. The first-order valence-corrected chi connectivity index (χ1v) is 8.02. The Morgan fingerprint density at radius 3 is 2.67 bits per heavy atom. The van der Waals surface area contributed by atoms with Crippen molar-refractivity contribution in [2.24, 2.45) is 0 Å². The summed E-state index contributed by atoms with van der Waals surface area (Å²) in [5.41, 5.74) is 0.892. The summed E-state index contributed by atoms with van der Waals surface area (Å²) in [4.78, 5) is 22.2. The summed E-state index contributed by atoms with van der Waals surface area (Å²) < 4.78 is 25.9. The molecule has 8 heteroatoms. The second-order valence-electron chi connectivity index (χ2n) is 4.98. The summed E-state index contributed by atoms with van der Waals surface area (Å²) in [6.07, 6.45) is 0. The number of carbonyl (C=O) groups is 1. The molecule has 0 bridgehead atoms. The third-order valence-electron chi connectivity index (χ3n) is 3.22. The minimum absolute atomic E-state index is 0.00816. The summed E-state index contributed by atoms with van der Waals surface area (Å²) in [5.74, 6) is -2.32. The molecule has 5 nitrogen and oxygen atoms in total. The van der Waals surface area contributed by atoms with E-state index in [1.807, 2.05) is 6.92 Å². The van der Waals surface area contributed by atoms with Gasteiger partial charge in [0.15, 0.2) is 11.6 Å². The topological polar surface area (TPSA) is 72.2 Å². The molecule has 0 aliphatic heterocycles. The number of benzene rings is 2. The average molecular weight is 352 g/mol. The van der Waals surface area contributed by atoms with Crippen molar-refractivity contribution in [3.05, 3.63) is 69.8 Å². The number of thioether (sulfide) groups is 1. The van der Waals surface area contributed by atoms with E-state index in [4.69, 9.17) is 0 Å². The lowest BCUT2D eigenvalue weighted by Gasteiger charge is -2.11. The quantitative estimate of drug-likeness (QED) is 0.621. The van der Waals surface area contributed by atoms with Crippen molar-refractivity contribution in [2.45, 2.75) is 12.2 Å². The third kappa shape index (κ3) is 4.76. The molecule has 0 unspecified atom stereocenters. The molecule has 1 atom stereocenters. The van der Waals surface area contributed by atoms with Crippen LogP contribution in [-0.4, -0.2) is 16.6 Å². The van der Waals surface area contributed by atoms with Crippen LogP contribution in [0.5, 0.6) is 0 Å². The lowest BCUT2D eigenvalue weighted by atomic mass is 10.1. The predicted molar refractivity (Wildman–Crippen MR) is 89.0 cm³/mol. The maximum atomic E-state index is 13.1. The van der Waals surface area contributed by atoms with Crippen molar-refractivity contribution in [1.82, 2.24) is 0 Å². The molecule has 1 N–H and O–H groups in total. The molecular weight excluding hydrogens is 338 g/mol. The molecule has 0 aliphatic rings. The van der Waals surface area contributed by atoms with Crippen LogP contribution in [0, 0.1) is 21.7 Å². The van der Waals surface area contributed by atoms with Gasteiger partial charge in [-0.15, -0.1) is 11.8 Å². The number of halogens is 2. The van der Waals surface area contributed by atoms with Gasteiger partial charge in [0.1, 0.15) is 0 Å². The number of hydrogen-bond acceptors (Lipinski definition) is 4. The van der Waals surface area contributed by atoms with E-state index in [0.717, 1.165) is 17.7 Å². The maximum absolute atomic E-state index is 13.1. The second-order valence-corrected chi connectivity index (χ2v) is 6.31. The van der Waals surface area contributed by atoms with Crippen molar-refractivity contribution in [3.63, 3.8) is 0 Å². The van der Waals surface area contributed by atoms with Crippen molar-refractivity contribution >= 4 is 29.0 Å². The van der Waals surface area contributed by atoms with E-state index >= 15 is 0 Å². The Labute approximate surface area is 141 Å². The van der Waals surface area contributed by atoms with E-state index in [1.165, 1.54) is 30.0 Å². The predicted octanol–water partition coefficient (Wildman–Crippen LogP) is 4.31. The van der Waals surface area contributed by atoms with Gasteiger partial charge >= 0.3 is 0 Å². The first kappa shape index (κ1) is 17.9. The number of nitro benzene ring substituents is 1. The van der Waals surface area contributed by atoms with Crippen molar-refractivity contribution in [1.29, 1.82) is 0 Å². The number of hydrogen-bond donors (Lipinski definition) is 1. The molecule has 0 radical (unpaired) electrons. The fourth-order valence-electron chi connectivity index (χ4n) is 1.96. The molecular formula is C16H14F2N2O3S. The molecule has 0 aliphatic carbocycles. The molecule has 2 rings (SSSR count). The fourth-order valence-corrected chi connectivity index (χ4v) is 2.77. The van der Waals surface area contributed by atoms with Crippen molar-refractivity contribution in [3.8, 4) is 0 Å². The fraction of sp³-hybridized carbons (Fsp3) is 0.188. The summed E-state index contributed by atoms with van der Waals surface area (Å²) in [7, 11) is 0. The van der Waals surface area contributed by atoms with E-state index in [2.05, 4.69) is 5.32 Å². The molecule has 0 aromatic heterocycles. The van der Waals surface area contributed by atoms with Gasteiger partial charge in [0.25, 0.3) is 5.69 Å². The molecule has 0 spiro atoms. The Hall–Kier alpha value is -2.48. The van der Waals surface area contributed by atoms with Gasteiger partial charge in [-0.3, -0.25) is 14.9 Å². The van der Waals surface area contributed by atoms with E-state index in [-0.39, 0.29) is 28.3 Å². The van der Waals surface area contributed by atoms with E-state index < -0.39 is 16.6 Å². The zero-order valence-electron chi connectivity index (χ0n) is 12.7. The largest absolute Gasteiger partial charge is 0.325 e. The van der Waals surface area contributed by atoms with Gasteiger partial charge in [0, 0.05) is 29.1 Å². The summed E-state index contributed by atoms with van der Waals surface area (Å²) >= 11 is 1.28. The highest BCUT2D eigenvalue weighted by Crippen LogP contribution is 2.30. The van der Waals surface area contributed by atoms with Crippen LogP contribution in [0.1, 0.15) is 17.7 Å². The number of carbonyl (C=O) groups excluding carboxylic acids is 1. The first-order valence-electron chi connectivity index (χ1n) is 6.97. The van der Waals surface area contributed by atoms with Crippen LogP contribution in [0.25, 0.3) is 0 Å². The minimum atomic E-state index is -1.04. The molecule has 0 saturated carbocycles. The van der Waals surface area contributed by atoms with Gasteiger partial charge in [-0.05, 0) is 24.6 Å². The summed E-state index contributed by atoms with van der Waals surface area (Å²) in [6.45, 7) is 1.83. The van der Waals surface area contributed by atoms with Crippen LogP contribution >= 0.6 is 11.8 Å². The molecule has 2 aromatic carbocycles. The molecule has 0 heterocycles. The normalized spacial score (nSPS) is 11.8. The van der Waals surface area contributed by atoms with Gasteiger partial charge in [-0.2, -0.15) is 0 Å². The van der Waals surface area contributed by atoms with Gasteiger partial charge in [-0.25, -0.2) is 8.78 Å². The molecule has 2 aromatic rings. The Morgan fingerprint density at radius 1 is 1.25 bits per heavy atom. The minimum Gasteiger partial charge on any atom is -0.325 e. The molecule has 0 saturated heterocycles. The number of non-ortho nitro benzene ring substituents is 1. The van der Waals surface area contributed by atoms with Crippen LogP contribution in [0.4, 0.5) is 20.2 Å². The zero-order valence-corrected chi connectivity index (χ0v) is 13.5. The molecule has 1 amide bonds. The molecule has 126 valence electrons. The highest BCUT2D eigenvalue weighted by molar-refractivity contribution is 8.00. The van der Waals surface area contributed by atoms with Gasteiger partial charge in [0.05, 0.1) is 10.7 Å². The summed E-state index contributed by atoms with van der Waals surface area (Å²) in [6, 6.07) is 9.31. The van der Waals surface area contributed by atoms with Crippen molar-refractivity contribution < 1.29 is 18.5 Å². The highest BCUT2D eigenvalue weighted by atomic mass is 32.2. The number of nitro groups is 1. The van der Waals surface area contributed by atoms with Crippen molar-refractivity contribution in [2.75, 3.05) is 11.1 Å². The van der Waals surface area contributed by atoms with Gasteiger partial charge in [-0.1, -0.05) is 12.1 Å². The SMILES string of the molecule is C[C@@H](SCC(=O)Nc1ccc(F)c(F)c1)c1cccc([N+](=O)[O-])c1.